The number of allylic oxidation sites excluding steroid dienone is 6. The molecule has 0 aliphatic heterocycles. The molecular weight excluding hydrogens is 589 g/mol. The highest BCUT2D eigenvalue weighted by Crippen LogP contribution is 2.68. The van der Waals surface area contributed by atoms with Gasteiger partial charge in [-0.25, -0.2) is 0 Å². The van der Waals surface area contributed by atoms with Crippen molar-refractivity contribution in [1.82, 2.24) is 0 Å². The van der Waals surface area contributed by atoms with Gasteiger partial charge in [0.25, 0.3) is 0 Å². The van der Waals surface area contributed by atoms with Crippen molar-refractivity contribution in [2.45, 2.75) is 111 Å². The van der Waals surface area contributed by atoms with Gasteiger partial charge in [-0.3, -0.25) is 0 Å². The van der Waals surface area contributed by atoms with Crippen molar-refractivity contribution in [3.05, 3.63) is 35.5 Å². The van der Waals surface area contributed by atoms with E-state index in [1.165, 1.54) is 11.1 Å². The van der Waals surface area contributed by atoms with Crippen molar-refractivity contribution in [2.24, 2.45) is 38.9 Å². The summed E-state index contributed by atoms with van der Waals surface area (Å²) in [7, 11) is -2.53. The summed E-state index contributed by atoms with van der Waals surface area (Å²) in [6.45, 7) is 28.1. The first kappa shape index (κ1) is 34.6. The normalized spacial score (nSPS) is 37.3. The monoisotopic (exact) mass is 646 g/mol. The van der Waals surface area contributed by atoms with E-state index in [0.29, 0.717) is 24.4 Å². The number of rotatable bonds is 10. The zero-order valence-corrected chi connectivity index (χ0v) is 32.4. The van der Waals surface area contributed by atoms with E-state index in [9.17, 15) is 0 Å². The van der Waals surface area contributed by atoms with E-state index >= 15 is 0 Å². The Morgan fingerprint density at radius 1 is 0.953 bits per heavy atom. The molecule has 4 aliphatic carbocycles. The zero-order chi connectivity index (χ0) is 32.2. The lowest BCUT2D eigenvalue weighted by molar-refractivity contribution is -0.115. The van der Waals surface area contributed by atoms with Crippen LogP contribution >= 0.6 is 0 Å². The molecule has 0 aromatic carbocycles. The SMILES string of the molecule is CO/N=C1\C=CC2(C)C(=C1)C(C)=CC1C2C(O[Si](C)(C)C)CC2(C)C1CC[C@]2(O[Si](C)(C)C)/C(CO[Si](C)(C)C)=N/OC. The largest absolute Gasteiger partial charge is 0.414 e. The smallest absolute Gasteiger partial charge is 0.185 e. The van der Waals surface area contributed by atoms with E-state index in [1.54, 1.807) is 14.2 Å². The van der Waals surface area contributed by atoms with E-state index in [0.717, 1.165) is 30.7 Å². The molecule has 0 bridgehead atoms. The predicted octanol–water partition coefficient (Wildman–Crippen LogP) is 8.17. The standard InChI is InChI=1S/C33H58N2O5Si3/c1-23-19-25-26-16-18-33(40-43(12,13)14,29(35-37-5)22-38-41(6,7)8)32(26,3)21-28(39-42(9,10)11)30(25)31(2)17-15-24(34-36-4)20-27(23)31/h15,17,19-20,25-26,28,30H,16,18,21-22H2,1-14H3/b34-24+,35-29+/t25?,26?,28?,30?,31?,32?,33-/m0/s1. The predicted molar refractivity (Wildman–Crippen MR) is 185 cm³/mol. The fraction of sp³-hybridized carbons (Fsp3) is 0.758. The first-order valence-corrected chi connectivity index (χ1v) is 26.3. The Balaban J connectivity index is 1.92. The van der Waals surface area contributed by atoms with Gasteiger partial charge < -0.3 is 23.0 Å². The maximum Gasteiger partial charge on any atom is 0.185 e. The third-order valence-corrected chi connectivity index (χ3v) is 13.0. The Morgan fingerprint density at radius 2 is 1.63 bits per heavy atom. The Morgan fingerprint density at radius 3 is 2.19 bits per heavy atom. The maximum atomic E-state index is 7.44. The molecule has 0 saturated heterocycles. The molecule has 6 unspecified atom stereocenters. The highest BCUT2D eigenvalue weighted by molar-refractivity contribution is 6.70. The van der Waals surface area contributed by atoms with Crippen LogP contribution in [0.1, 0.15) is 40.0 Å². The molecule has 2 fully saturated rings. The third-order valence-electron chi connectivity index (χ3n) is 9.98. The molecule has 0 spiro atoms. The molecule has 0 N–H and O–H groups in total. The number of oxime groups is 2. The second-order valence-electron chi connectivity index (χ2n) is 16.5. The molecule has 2 saturated carbocycles. The molecule has 0 aromatic heterocycles. The van der Waals surface area contributed by atoms with Crippen molar-refractivity contribution < 1.29 is 23.0 Å². The number of nitrogens with zero attached hydrogens (tertiary/aromatic N) is 2. The number of hydrogen-bond acceptors (Lipinski definition) is 7. The lowest BCUT2D eigenvalue weighted by Gasteiger charge is -2.61. The van der Waals surface area contributed by atoms with E-state index in [4.69, 9.17) is 28.1 Å². The van der Waals surface area contributed by atoms with Crippen LogP contribution in [0.3, 0.4) is 0 Å². The van der Waals surface area contributed by atoms with Gasteiger partial charge in [-0.2, -0.15) is 0 Å². The molecule has 242 valence electrons. The van der Waals surface area contributed by atoms with Crippen LogP contribution in [-0.4, -0.2) is 68.9 Å². The summed E-state index contributed by atoms with van der Waals surface area (Å²) in [6, 6.07) is 0. The van der Waals surface area contributed by atoms with Gasteiger partial charge in [0.15, 0.2) is 25.0 Å². The van der Waals surface area contributed by atoms with Gasteiger partial charge in [0.05, 0.1) is 12.7 Å². The first-order valence-electron chi connectivity index (χ1n) is 16.0. The molecule has 0 amide bonds. The van der Waals surface area contributed by atoms with E-state index in [1.807, 2.05) is 0 Å². The Kier molecular flexibility index (Phi) is 9.49. The maximum absolute atomic E-state index is 7.44. The van der Waals surface area contributed by atoms with Crippen molar-refractivity contribution in [1.29, 1.82) is 0 Å². The first-order chi connectivity index (χ1) is 19.7. The van der Waals surface area contributed by atoms with Gasteiger partial charge in [-0.05, 0) is 115 Å². The fourth-order valence-electron chi connectivity index (χ4n) is 8.72. The average Bonchev–Trinajstić information content (AvgIpc) is 3.12. The number of hydrogen-bond donors (Lipinski definition) is 0. The summed E-state index contributed by atoms with van der Waals surface area (Å²) in [4.78, 5) is 10.7. The summed E-state index contributed by atoms with van der Waals surface area (Å²) in [5.41, 5.74) is 3.46. The lowest BCUT2D eigenvalue weighted by atomic mass is 9.47. The van der Waals surface area contributed by atoms with Crippen molar-refractivity contribution in [3.63, 3.8) is 0 Å². The summed E-state index contributed by atoms with van der Waals surface area (Å²) in [5.74, 6) is 1.04. The Labute approximate surface area is 264 Å². The summed E-state index contributed by atoms with van der Waals surface area (Å²) < 4.78 is 21.3. The summed E-state index contributed by atoms with van der Waals surface area (Å²) in [6.07, 6.45) is 12.2. The summed E-state index contributed by atoms with van der Waals surface area (Å²) >= 11 is 0. The van der Waals surface area contributed by atoms with Crippen molar-refractivity contribution >= 4 is 36.4 Å². The van der Waals surface area contributed by atoms with Crippen LogP contribution in [0.15, 0.2) is 45.8 Å². The minimum Gasteiger partial charge on any atom is -0.414 e. The topological polar surface area (TPSA) is 70.9 Å². The molecule has 43 heavy (non-hydrogen) atoms. The van der Waals surface area contributed by atoms with Crippen LogP contribution < -0.4 is 0 Å². The van der Waals surface area contributed by atoms with Crippen LogP contribution in [-0.2, 0) is 23.0 Å². The quantitative estimate of drug-likeness (QED) is 0.136. The molecule has 10 heteroatoms. The third kappa shape index (κ3) is 6.65. The molecule has 0 heterocycles. The van der Waals surface area contributed by atoms with E-state index < -0.39 is 30.6 Å². The fourth-order valence-corrected chi connectivity index (χ4v) is 11.9. The van der Waals surface area contributed by atoms with Gasteiger partial charge in [-0.1, -0.05) is 41.9 Å². The molecule has 7 nitrogen and oxygen atoms in total. The molecule has 4 aliphatic rings. The molecule has 4 rings (SSSR count). The van der Waals surface area contributed by atoms with Crippen molar-refractivity contribution in [2.75, 3.05) is 20.8 Å². The van der Waals surface area contributed by atoms with Crippen LogP contribution in [0.2, 0.25) is 58.9 Å². The van der Waals surface area contributed by atoms with E-state index in [-0.39, 0.29) is 16.9 Å². The zero-order valence-electron chi connectivity index (χ0n) is 29.4. The van der Waals surface area contributed by atoms with Gasteiger partial charge in [0.2, 0.25) is 0 Å². The Hall–Kier alpha value is -1.31. The van der Waals surface area contributed by atoms with E-state index in [2.05, 4.69) is 109 Å². The molecule has 0 radical (unpaired) electrons. The molecular formula is C33H58N2O5Si3. The summed E-state index contributed by atoms with van der Waals surface area (Å²) in [5, 5.41) is 9.01. The van der Waals surface area contributed by atoms with Crippen LogP contribution in [0.5, 0.6) is 0 Å². The van der Waals surface area contributed by atoms with Crippen LogP contribution in [0.4, 0.5) is 0 Å². The van der Waals surface area contributed by atoms with Crippen LogP contribution in [0, 0.1) is 28.6 Å². The Bertz CT molecular complexity index is 1220. The van der Waals surface area contributed by atoms with Gasteiger partial charge >= 0.3 is 0 Å². The van der Waals surface area contributed by atoms with Gasteiger partial charge in [0, 0.05) is 16.7 Å². The lowest BCUT2D eigenvalue weighted by Crippen LogP contribution is -2.65. The molecule has 0 aromatic rings. The van der Waals surface area contributed by atoms with Crippen molar-refractivity contribution in [3.8, 4) is 0 Å². The van der Waals surface area contributed by atoms with Gasteiger partial charge in [0.1, 0.15) is 31.2 Å². The highest BCUT2D eigenvalue weighted by Gasteiger charge is 2.69. The second-order valence-corrected chi connectivity index (χ2v) is 29.9. The molecule has 7 atom stereocenters. The second kappa shape index (κ2) is 11.8. The number of fused-ring (bicyclic) bond motifs is 5. The highest BCUT2D eigenvalue weighted by atomic mass is 28.4. The van der Waals surface area contributed by atoms with Gasteiger partial charge in [-0.15, -0.1) is 0 Å². The average molecular weight is 647 g/mol. The minimum atomic E-state index is -2.04. The van der Waals surface area contributed by atoms with Crippen LogP contribution in [0.25, 0.3) is 0 Å². The minimum absolute atomic E-state index is 0.0608.